The first kappa shape index (κ1) is 23.0. The number of nitrogens with one attached hydrogen (secondary N) is 4. The number of fused-ring (bicyclic) bond motifs is 1. The number of H-pyrrole nitrogens is 1. The molecule has 0 bridgehead atoms. The van der Waals surface area contributed by atoms with Crippen LogP contribution in [-0.4, -0.2) is 34.4 Å². The van der Waals surface area contributed by atoms with Gasteiger partial charge in [0.25, 0.3) is 5.56 Å². The quantitative estimate of drug-likeness (QED) is 0.395. The fourth-order valence-electron chi connectivity index (χ4n) is 3.49. The van der Waals surface area contributed by atoms with Crippen molar-refractivity contribution in [2.45, 2.75) is 19.3 Å². The van der Waals surface area contributed by atoms with Crippen molar-refractivity contribution in [3.05, 3.63) is 75.0 Å². The number of benzene rings is 2. The van der Waals surface area contributed by atoms with E-state index in [1.54, 1.807) is 31.2 Å². The van der Waals surface area contributed by atoms with Crippen molar-refractivity contribution in [3.63, 3.8) is 0 Å². The number of hydrogen-bond donors (Lipinski definition) is 4. The van der Waals surface area contributed by atoms with Gasteiger partial charge < -0.3 is 20.7 Å². The number of nitrogens with zero attached hydrogens (tertiary/aromatic N) is 1. The molecule has 0 aliphatic carbocycles. The molecule has 1 aliphatic heterocycles. The monoisotopic (exact) mass is 481 g/mol. The fraction of sp³-hybridized carbons (Fsp3) is 0.174. The molecule has 0 fully saturated rings. The van der Waals surface area contributed by atoms with Crippen LogP contribution < -0.4 is 21.5 Å². The summed E-state index contributed by atoms with van der Waals surface area (Å²) in [6.07, 6.45) is -0.217. The molecule has 3 aromatic rings. The SMILES string of the molecule is CCOC(=O)c1ccc(NC(=O)C2CC(=O)Nc3nc(Nc4cccc(Cl)c4)[nH]c(=O)c32)cc1. The molecule has 0 spiro atoms. The summed E-state index contributed by atoms with van der Waals surface area (Å²) in [6, 6.07) is 12.9. The molecule has 2 aromatic carbocycles. The molecule has 0 saturated heterocycles. The number of aromatic nitrogens is 2. The van der Waals surface area contributed by atoms with Crippen molar-refractivity contribution in [2.24, 2.45) is 0 Å². The summed E-state index contributed by atoms with van der Waals surface area (Å²) in [4.78, 5) is 56.7. The fourth-order valence-corrected chi connectivity index (χ4v) is 3.68. The van der Waals surface area contributed by atoms with Crippen molar-refractivity contribution in [3.8, 4) is 0 Å². The summed E-state index contributed by atoms with van der Waals surface area (Å²) >= 11 is 5.98. The van der Waals surface area contributed by atoms with E-state index in [0.29, 0.717) is 22.0 Å². The summed E-state index contributed by atoms with van der Waals surface area (Å²) in [5, 5.41) is 8.64. The largest absolute Gasteiger partial charge is 0.462 e. The maximum absolute atomic E-state index is 13.0. The minimum absolute atomic E-state index is 0.00216. The van der Waals surface area contributed by atoms with Crippen molar-refractivity contribution in [1.82, 2.24) is 9.97 Å². The summed E-state index contributed by atoms with van der Waals surface area (Å²) in [7, 11) is 0. The Morgan fingerprint density at radius 1 is 1.15 bits per heavy atom. The Morgan fingerprint density at radius 2 is 1.91 bits per heavy atom. The highest BCUT2D eigenvalue weighted by atomic mass is 35.5. The molecular formula is C23H20ClN5O5. The molecule has 2 heterocycles. The first-order chi connectivity index (χ1) is 16.3. The topological polar surface area (TPSA) is 142 Å². The molecule has 174 valence electrons. The van der Waals surface area contributed by atoms with Gasteiger partial charge in [0.05, 0.1) is 23.7 Å². The minimum Gasteiger partial charge on any atom is -0.462 e. The van der Waals surface area contributed by atoms with E-state index in [4.69, 9.17) is 16.3 Å². The number of carbonyl (C=O) groups excluding carboxylic acids is 3. The maximum atomic E-state index is 13.0. The highest BCUT2D eigenvalue weighted by molar-refractivity contribution is 6.30. The molecular weight excluding hydrogens is 462 g/mol. The van der Waals surface area contributed by atoms with Gasteiger partial charge >= 0.3 is 5.97 Å². The molecule has 1 aromatic heterocycles. The van der Waals surface area contributed by atoms with Crippen LogP contribution in [0.3, 0.4) is 0 Å². The summed E-state index contributed by atoms with van der Waals surface area (Å²) < 4.78 is 4.93. The van der Waals surface area contributed by atoms with E-state index < -0.39 is 29.3 Å². The Labute approximate surface area is 198 Å². The van der Waals surface area contributed by atoms with Crippen LogP contribution in [0, 0.1) is 0 Å². The third-order valence-electron chi connectivity index (χ3n) is 5.02. The third kappa shape index (κ3) is 5.07. The number of anilines is 4. The molecule has 2 amide bonds. The second-order valence-corrected chi connectivity index (χ2v) is 7.84. The molecule has 10 nitrogen and oxygen atoms in total. The lowest BCUT2D eigenvalue weighted by Crippen LogP contribution is -2.36. The smallest absolute Gasteiger partial charge is 0.338 e. The van der Waals surface area contributed by atoms with Crippen LogP contribution in [0.1, 0.15) is 35.2 Å². The number of rotatable bonds is 6. The van der Waals surface area contributed by atoms with Crippen molar-refractivity contribution in [1.29, 1.82) is 0 Å². The van der Waals surface area contributed by atoms with E-state index in [-0.39, 0.29) is 30.4 Å². The Kier molecular flexibility index (Phi) is 6.60. The molecule has 4 rings (SSSR count). The van der Waals surface area contributed by atoms with E-state index in [1.165, 1.54) is 24.3 Å². The predicted octanol–water partition coefficient (Wildman–Crippen LogP) is 3.41. The van der Waals surface area contributed by atoms with Crippen LogP contribution in [0.2, 0.25) is 5.02 Å². The molecule has 0 radical (unpaired) electrons. The van der Waals surface area contributed by atoms with Crippen LogP contribution >= 0.6 is 11.6 Å². The number of aromatic amines is 1. The van der Waals surface area contributed by atoms with Crippen LogP contribution in [0.25, 0.3) is 0 Å². The second kappa shape index (κ2) is 9.75. The number of amides is 2. The van der Waals surface area contributed by atoms with Gasteiger partial charge in [-0.2, -0.15) is 4.98 Å². The average Bonchev–Trinajstić information content (AvgIpc) is 2.79. The minimum atomic E-state index is -1.05. The first-order valence-corrected chi connectivity index (χ1v) is 10.8. The van der Waals surface area contributed by atoms with Gasteiger partial charge in [-0.3, -0.25) is 19.4 Å². The Morgan fingerprint density at radius 3 is 2.62 bits per heavy atom. The van der Waals surface area contributed by atoms with Crippen LogP contribution in [0.4, 0.5) is 23.1 Å². The van der Waals surface area contributed by atoms with E-state index >= 15 is 0 Å². The zero-order valence-corrected chi connectivity index (χ0v) is 18.7. The number of esters is 1. The second-order valence-electron chi connectivity index (χ2n) is 7.40. The lowest BCUT2D eigenvalue weighted by atomic mass is 9.92. The number of carbonyl (C=O) groups is 3. The van der Waals surface area contributed by atoms with E-state index in [2.05, 4.69) is 25.9 Å². The van der Waals surface area contributed by atoms with Crippen LogP contribution in [-0.2, 0) is 14.3 Å². The van der Waals surface area contributed by atoms with E-state index in [1.807, 2.05) is 0 Å². The van der Waals surface area contributed by atoms with Crippen LogP contribution in [0.15, 0.2) is 53.3 Å². The molecule has 1 atom stereocenters. The molecule has 34 heavy (non-hydrogen) atoms. The van der Waals surface area contributed by atoms with Crippen molar-refractivity contribution < 1.29 is 19.1 Å². The molecule has 4 N–H and O–H groups in total. The normalized spacial score (nSPS) is 14.5. The van der Waals surface area contributed by atoms with E-state index in [9.17, 15) is 19.2 Å². The first-order valence-electron chi connectivity index (χ1n) is 10.4. The van der Waals surface area contributed by atoms with Crippen molar-refractivity contribution in [2.75, 3.05) is 22.6 Å². The maximum Gasteiger partial charge on any atom is 0.338 e. The lowest BCUT2D eigenvalue weighted by Gasteiger charge is -2.23. The predicted molar refractivity (Wildman–Crippen MR) is 127 cm³/mol. The molecule has 1 unspecified atom stereocenters. The van der Waals surface area contributed by atoms with Gasteiger partial charge in [-0.15, -0.1) is 0 Å². The number of ether oxygens (including phenoxy) is 1. The van der Waals surface area contributed by atoms with Gasteiger partial charge in [-0.05, 0) is 49.4 Å². The standard InChI is InChI=1S/C23H20ClN5O5/c1-2-34-22(33)12-6-8-14(9-7-12)25-20(31)16-11-17(30)27-19-18(16)21(32)29-23(28-19)26-15-5-3-4-13(24)10-15/h3-10,16H,2,11H2,1H3,(H,25,31)(H3,26,27,28,29,30,32). The van der Waals surface area contributed by atoms with Crippen molar-refractivity contribution >= 4 is 52.5 Å². The van der Waals surface area contributed by atoms with Gasteiger partial charge in [0.2, 0.25) is 17.8 Å². The zero-order chi connectivity index (χ0) is 24.2. The molecule has 1 aliphatic rings. The van der Waals surface area contributed by atoms with Gasteiger partial charge in [0, 0.05) is 22.8 Å². The molecule has 11 heteroatoms. The highest BCUT2D eigenvalue weighted by Crippen LogP contribution is 2.30. The highest BCUT2D eigenvalue weighted by Gasteiger charge is 2.34. The van der Waals surface area contributed by atoms with E-state index in [0.717, 1.165) is 0 Å². The van der Waals surface area contributed by atoms with Gasteiger partial charge in [0.1, 0.15) is 5.82 Å². The van der Waals surface area contributed by atoms with Crippen LogP contribution in [0.5, 0.6) is 0 Å². The molecule has 0 saturated carbocycles. The zero-order valence-electron chi connectivity index (χ0n) is 18.0. The number of hydrogen-bond acceptors (Lipinski definition) is 7. The summed E-state index contributed by atoms with van der Waals surface area (Å²) in [5.74, 6) is -2.44. The Bertz CT molecular complexity index is 1320. The van der Waals surface area contributed by atoms with Gasteiger partial charge in [-0.25, -0.2) is 4.79 Å². The third-order valence-corrected chi connectivity index (χ3v) is 5.25. The Hall–Kier alpha value is -4.18. The lowest BCUT2D eigenvalue weighted by molar-refractivity contribution is -0.123. The number of halogens is 1. The van der Waals surface area contributed by atoms with Gasteiger partial charge in [0.15, 0.2) is 0 Å². The average molecular weight is 482 g/mol. The van der Waals surface area contributed by atoms with Gasteiger partial charge in [-0.1, -0.05) is 17.7 Å². The summed E-state index contributed by atoms with van der Waals surface area (Å²) in [5.41, 5.74) is 0.805. The summed E-state index contributed by atoms with van der Waals surface area (Å²) in [6.45, 7) is 1.96. The Balaban J connectivity index is 1.56.